The molecule has 94 valence electrons. The van der Waals surface area contributed by atoms with Gasteiger partial charge in [0, 0.05) is 24.7 Å². The number of hydrogen-bond donors (Lipinski definition) is 3. The maximum absolute atomic E-state index is 12.3. The SMILES string of the molecule is O=C(c1cccc2cc[nH]c12)N1C[C@@H](O)[C@@H](O)C1. The summed E-state index contributed by atoms with van der Waals surface area (Å²) in [5, 5.41) is 19.9. The molecule has 5 nitrogen and oxygen atoms in total. The monoisotopic (exact) mass is 246 g/mol. The smallest absolute Gasteiger partial charge is 0.256 e. The molecule has 0 bridgehead atoms. The summed E-state index contributed by atoms with van der Waals surface area (Å²) in [4.78, 5) is 16.9. The van der Waals surface area contributed by atoms with Crippen molar-refractivity contribution < 1.29 is 15.0 Å². The number of amides is 1. The van der Waals surface area contributed by atoms with Gasteiger partial charge in [-0.3, -0.25) is 4.79 Å². The average Bonchev–Trinajstić information content (AvgIpc) is 2.95. The van der Waals surface area contributed by atoms with Crippen molar-refractivity contribution in [2.75, 3.05) is 13.1 Å². The Kier molecular flexibility index (Phi) is 2.57. The predicted molar refractivity (Wildman–Crippen MR) is 66.2 cm³/mol. The van der Waals surface area contributed by atoms with E-state index in [4.69, 9.17) is 0 Å². The number of aliphatic hydroxyl groups is 2. The predicted octanol–water partition coefficient (Wildman–Crippen LogP) is 0.346. The summed E-state index contributed by atoms with van der Waals surface area (Å²) in [6.45, 7) is 0.355. The zero-order valence-electron chi connectivity index (χ0n) is 9.71. The van der Waals surface area contributed by atoms with Crippen molar-refractivity contribution in [2.45, 2.75) is 12.2 Å². The first-order valence-corrected chi connectivity index (χ1v) is 5.88. The molecule has 1 aliphatic rings. The zero-order valence-corrected chi connectivity index (χ0v) is 9.71. The minimum absolute atomic E-state index is 0.168. The molecule has 0 aliphatic carbocycles. The summed E-state index contributed by atoms with van der Waals surface area (Å²) in [6.07, 6.45) is 0.0864. The van der Waals surface area contributed by atoms with Crippen LogP contribution in [0.1, 0.15) is 10.4 Å². The quantitative estimate of drug-likeness (QED) is 0.679. The summed E-state index contributed by atoms with van der Waals surface area (Å²) >= 11 is 0. The second kappa shape index (κ2) is 4.12. The molecule has 2 heterocycles. The van der Waals surface area contributed by atoms with Gasteiger partial charge >= 0.3 is 0 Å². The first-order valence-electron chi connectivity index (χ1n) is 5.88. The number of aliphatic hydroxyl groups excluding tert-OH is 2. The summed E-state index contributed by atoms with van der Waals surface area (Å²) in [5.74, 6) is -0.168. The number of benzene rings is 1. The van der Waals surface area contributed by atoms with Crippen molar-refractivity contribution in [2.24, 2.45) is 0 Å². The number of carbonyl (C=O) groups excluding carboxylic acids is 1. The van der Waals surface area contributed by atoms with Crippen LogP contribution in [-0.4, -0.2) is 51.3 Å². The van der Waals surface area contributed by atoms with Crippen LogP contribution in [-0.2, 0) is 0 Å². The van der Waals surface area contributed by atoms with Gasteiger partial charge in [0.05, 0.1) is 23.3 Å². The van der Waals surface area contributed by atoms with Crippen molar-refractivity contribution in [3.8, 4) is 0 Å². The fourth-order valence-corrected chi connectivity index (χ4v) is 2.37. The number of fused-ring (bicyclic) bond motifs is 1. The highest BCUT2D eigenvalue weighted by atomic mass is 16.3. The Morgan fingerprint density at radius 1 is 1.22 bits per heavy atom. The second-order valence-corrected chi connectivity index (χ2v) is 4.59. The molecule has 3 rings (SSSR count). The van der Waals surface area contributed by atoms with Crippen LogP contribution in [0.3, 0.4) is 0 Å². The van der Waals surface area contributed by atoms with E-state index in [0.717, 1.165) is 10.9 Å². The molecule has 0 radical (unpaired) electrons. The van der Waals surface area contributed by atoms with Gasteiger partial charge in [0.25, 0.3) is 5.91 Å². The van der Waals surface area contributed by atoms with Gasteiger partial charge in [0.15, 0.2) is 0 Å². The number of nitrogens with one attached hydrogen (secondary N) is 1. The van der Waals surface area contributed by atoms with Crippen LogP contribution >= 0.6 is 0 Å². The second-order valence-electron chi connectivity index (χ2n) is 4.59. The van der Waals surface area contributed by atoms with Crippen LogP contribution in [0.25, 0.3) is 10.9 Å². The van der Waals surface area contributed by atoms with Crippen molar-refractivity contribution in [3.05, 3.63) is 36.0 Å². The summed E-state index contributed by atoms with van der Waals surface area (Å²) in [5.41, 5.74) is 1.36. The van der Waals surface area contributed by atoms with Crippen molar-refractivity contribution in [1.82, 2.24) is 9.88 Å². The van der Waals surface area contributed by atoms with E-state index in [0.29, 0.717) is 5.56 Å². The Morgan fingerprint density at radius 2 is 1.94 bits per heavy atom. The van der Waals surface area contributed by atoms with Gasteiger partial charge in [0.2, 0.25) is 0 Å². The Morgan fingerprint density at radius 3 is 2.67 bits per heavy atom. The number of aromatic nitrogens is 1. The Bertz CT molecular complexity index is 583. The first kappa shape index (κ1) is 11.3. The third kappa shape index (κ3) is 1.68. The molecule has 1 aromatic carbocycles. The van der Waals surface area contributed by atoms with E-state index in [1.165, 1.54) is 4.90 Å². The number of para-hydroxylation sites is 1. The normalized spacial score (nSPS) is 23.8. The standard InChI is InChI=1S/C13H14N2O3/c16-10-6-15(7-11(10)17)13(18)9-3-1-2-8-4-5-14-12(8)9/h1-5,10-11,14,16-17H,6-7H2/t10-,11+. The van der Waals surface area contributed by atoms with Crippen molar-refractivity contribution in [1.29, 1.82) is 0 Å². The number of carbonyl (C=O) groups is 1. The molecule has 0 saturated carbocycles. The van der Waals surface area contributed by atoms with Gasteiger partial charge in [0.1, 0.15) is 0 Å². The lowest BCUT2D eigenvalue weighted by Gasteiger charge is -2.15. The Balaban J connectivity index is 1.95. The molecule has 2 atom stereocenters. The Hall–Kier alpha value is -1.85. The minimum Gasteiger partial charge on any atom is -0.388 e. The van der Waals surface area contributed by atoms with Gasteiger partial charge < -0.3 is 20.1 Å². The lowest BCUT2D eigenvalue weighted by Crippen LogP contribution is -2.30. The number of β-amino-alcohol motifs (C(OH)–C–C–N with tert-alkyl or cyclic N) is 2. The lowest BCUT2D eigenvalue weighted by molar-refractivity contribution is 0.0572. The molecule has 1 saturated heterocycles. The van der Waals surface area contributed by atoms with Crippen LogP contribution in [0, 0.1) is 0 Å². The number of hydrogen-bond acceptors (Lipinski definition) is 3. The fourth-order valence-electron chi connectivity index (χ4n) is 2.37. The molecule has 1 aliphatic heterocycles. The number of likely N-dealkylation sites (tertiary alicyclic amines) is 1. The average molecular weight is 246 g/mol. The molecule has 18 heavy (non-hydrogen) atoms. The molecule has 3 N–H and O–H groups in total. The maximum atomic E-state index is 12.3. The number of H-pyrrole nitrogens is 1. The van der Waals surface area contributed by atoms with E-state index in [9.17, 15) is 15.0 Å². The van der Waals surface area contributed by atoms with Crippen molar-refractivity contribution >= 4 is 16.8 Å². The summed E-state index contributed by atoms with van der Waals surface area (Å²) < 4.78 is 0. The molecular weight excluding hydrogens is 232 g/mol. The van der Waals surface area contributed by atoms with Gasteiger partial charge in [-0.05, 0) is 12.1 Å². The van der Waals surface area contributed by atoms with E-state index in [2.05, 4.69) is 4.98 Å². The zero-order chi connectivity index (χ0) is 12.7. The van der Waals surface area contributed by atoms with Crippen LogP contribution in [0.2, 0.25) is 0 Å². The third-order valence-corrected chi connectivity index (χ3v) is 3.36. The molecule has 2 aromatic rings. The van der Waals surface area contributed by atoms with Crippen LogP contribution < -0.4 is 0 Å². The van der Waals surface area contributed by atoms with Crippen LogP contribution in [0.4, 0.5) is 0 Å². The topological polar surface area (TPSA) is 76.6 Å². The summed E-state index contributed by atoms with van der Waals surface area (Å²) in [6, 6.07) is 7.40. The third-order valence-electron chi connectivity index (χ3n) is 3.36. The van der Waals surface area contributed by atoms with Gasteiger partial charge in [-0.15, -0.1) is 0 Å². The molecule has 0 unspecified atom stereocenters. The van der Waals surface area contributed by atoms with Crippen LogP contribution in [0.15, 0.2) is 30.5 Å². The largest absolute Gasteiger partial charge is 0.388 e. The molecule has 1 amide bonds. The maximum Gasteiger partial charge on any atom is 0.256 e. The Labute approximate surface area is 104 Å². The minimum atomic E-state index is -0.850. The van der Waals surface area contributed by atoms with E-state index in [1.807, 2.05) is 18.2 Å². The van der Waals surface area contributed by atoms with Gasteiger partial charge in [-0.25, -0.2) is 0 Å². The van der Waals surface area contributed by atoms with E-state index < -0.39 is 12.2 Å². The fraction of sp³-hybridized carbons (Fsp3) is 0.308. The van der Waals surface area contributed by atoms with Crippen molar-refractivity contribution in [3.63, 3.8) is 0 Å². The first-order chi connectivity index (χ1) is 8.66. The molecule has 0 spiro atoms. The van der Waals surface area contributed by atoms with Crippen LogP contribution in [0.5, 0.6) is 0 Å². The summed E-state index contributed by atoms with van der Waals surface area (Å²) in [7, 11) is 0. The van der Waals surface area contributed by atoms with Gasteiger partial charge in [-0.2, -0.15) is 0 Å². The van der Waals surface area contributed by atoms with E-state index in [-0.39, 0.29) is 19.0 Å². The number of nitrogens with zero attached hydrogens (tertiary/aromatic N) is 1. The number of aromatic amines is 1. The molecule has 1 aromatic heterocycles. The molecule has 5 heteroatoms. The highest BCUT2D eigenvalue weighted by Crippen LogP contribution is 2.21. The van der Waals surface area contributed by atoms with E-state index in [1.54, 1.807) is 12.3 Å². The molecular formula is C13H14N2O3. The van der Waals surface area contributed by atoms with E-state index >= 15 is 0 Å². The number of rotatable bonds is 1. The molecule has 1 fully saturated rings. The highest BCUT2D eigenvalue weighted by Gasteiger charge is 2.33. The van der Waals surface area contributed by atoms with Gasteiger partial charge in [-0.1, -0.05) is 12.1 Å². The highest BCUT2D eigenvalue weighted by molar-refractivity contribution is 6.05. The lowest BCUT2D eigenvalue weighted by atomic mass is 10.1.